The minimum atomic E-state index is -2.97. The summed E-state index contributed by atoms with van der Waals surface area (Å²) in [5.41, 5.74) is 1.57. The molecule has 1 aromatic carbocycles. The molecule has 0 bridgehead atoms. The number of carbonyl (C=O) groups is 1. The molecule has 3 aromatic rings. The number of aromatic nitrogens is 1. The predicted molar refractivity (Wildman–Crippen MR) is 110 cm³/mol. The zero-order chi connectivity index (χ0) is 22.0. The maximum atomic E-state index is 13.7. The molecule has 0 unspecified atom stereocenters. The van der Waals surface area contributed by atoms with Crippen molar-refractivity contribution in [1.29, 1.82) is 0 Å². The van der Waals surface area contributed by atoms with Crippen LogP contribution >= 0.6 is 11.3 Å². The monoisotopic (exact) mass is 452 g/mol. The summed E-state index contributed by atoms with van der Waals surface area (Å²) in [5.74, 6) is -1.01. The number of ether oxygens (including phenoxy) is 2. The highest BCUT2D eigenvalue weighted by atomic mass is 32.1. The van der Waals surface area contributed by atoms with E-state index < -0.39 is 23.6 Å². The fourth-order valence-electron chi connectivity index (χ4n) is 3.58. The molecule has 4 rings (SSSR count). The molecule has 1 fully saturated rings. The largest absolute Gasteiger partial charge is 0.488 e. The number of fused-ring (bicyclic) bond motifs is 1. The van der Waals surface area contributed by atoms with Crippen molar-refractivity contribution in [1.82, 2.24) is 10.3 Å². The van der Waals surface area contributed by atoms with Gasteiger partial charge in [0.2, 0.25) is 0 Å². The van der Waals surface area contributed by atoms with Crippen LogP contribution < -0.4 is 10.1 Å². The number of benzene rings is 1. The van der Waals surface area contributed by atoms with Crippen molar-refractivity contribution in [2.75, 3.05) is 19.8 Å². The highest BCUT2D eigenvalue weighted by Crippen LogP contribution is 2.35. The number of thiazole rings is 1. The second kappa shape index (κ2) is 8.89. The number of hydrogen-bond acceptors (Lipinski definition) is 7. The average Bonchev–Trinajstić information content (AvgIpc) is 3.35. The highest BCUT2D eigenvalue weighted by molar-refractivity contribution is 7.09. The number of amides is 1. The zero-order valence-electron chi connectivity index (χ0n) is 16.8. The molecular weight excluding hydrogens is 430 g/mol. The predicted octanol–water partition coefficient (Wildman–Crippen LogP) is 3.99. The van der Waals surface area contributed by atoms with E-state index in [1.54, 1.807) is 11.6 Å². The Labute approximate surface area is 181 Å². The van der Waals surface area contributed by atoms with Gasteiger partial charge < -0.3 is 24.3 Å². The fraction of sp³-hybridized carbons (Fsp3) is 0.429. The molecule has 1 amide bonds. The molecular formula is C21H22F2N2O5S. The van der Waals surface area contributed by atoms with Crippen LogP contribution in [0.3, 0.4) is 0 Å². The number of hydrogen-bond donors (Lipinski definition) is 2. The van der Waals surface area contributed by atoms with Crippen molar-refractivity contribution >= 4 is 28.2 Å². The van der Waals surface area contributed by atoms with Crippen molar-refractivity contribution < 1.29 is 32.6 Å². The van der Waals surface area contributed by atoms with E-state index in [0.29, 0.717) is 31.8 Å². The number of nitrogens with zero attached hydrogens (tertiary/aromatic N) is 1. The second-order valence-corrected chi connectivity index (χ2v) is 8.39. The van der Waals surface area contributed by atoms with E-state index in [9.17, 15) is 18.7 Å². The molecule has 0 radical (unpaired) electrons. The number of aryl methyl sites for hydroxylation is 1. The molecule has 1 aliphatic rings. The summed E-state index contributed by atoms with van der Waals surface area (Å²) in [6, 6.07) is 4.63. The molecule has 2 N–H and O–H groups in total. The summed E-state index contributed by atoms with van der Waals surface area (Å²) in [7, 11) is 0. The molecule has 166 valence electrons. The van der Waals surface area contributed by atoms with Crippen molar-refractivity contribution in [3.63, 3.8) is 0 Å². The Hall–Kier alpha value is -2.56. The van der Waals surface area contributed by atoms with Crippen LogP contribution in [-0.4, -0.2) is 41.4 Å². The van der Waals surface area contributed by atoms with Gasteiger partial charge in [0.1, 0.15) is 17.9 Å². The lowest BCUT2D eigenvalue weighted by molar-refractivity contribution is 0.0124. The maximum absolute atomic E-state index is 13.7. The van der Waals surface area contributed by atoms with E-state index in [1.807, 2.05) is 6.92 Å². The van der Waals surface area contributed by atoms with Crippen LogP contribution in [0, 0.1) is 6.92 Å². The second-order valence-electron chi connectivity index (χ2n) is 7.45. The number of aliphatic hydroxyl groups excluding tert-OH is 1. The molecule has 3 heterocycles. The molecule has 1 saturated heterocycles. The van der Waals surface area contributed by atoms with Crippen molar-refractivity contribution in [3.8, 4) is 5.75 Å². The highest BCUT2D eigenvalue weighted by Gasteiger charge is 2.36. The quantitative estimate of drug-likeness (QED) is 0.563. The molecule has 2 aromatic heterocycles. The van der Waals surface area contributed by atoms with Crippen LogP contribution in [0.25, 0.3) is 11.0 Å². The number of nitrogens with one attached hydrogen (secondary N) is 1. The molecule has 0 spiro atoms. The minimum absolute atomic E-state index is 0.159. The van der Waals surface area contributed by atoms with Crippen LogP contribution in [0.5, 0.6) is 5.75 Å². The SMILES string of the molecule is Cc1ncsc1COc1ccc2oc(C(F)F)c(C(=O)NC3(CO)CCOCC3)c2c1. The summed E-state index contributed by atoms with van der Waals surface area (Å²) < 4.78 is 43.7. The zero-order valence-corrected chi connectivity index (χ0v) is 17.6. The Bertz CT molecular complexity index is 1080. The van der Waals surface area contributed by atoms with Crippen LogP contribution in [0.15, 0.2) is 28.1 Å². The third kappa shape index (κ3) is 4.41. The lowest BCUT2D eigenvalue weighted by atomic mass is 9.90. The van der Waals surface area contributed by atoms with Gasteiger partial charge in [-0.1, -0.05) is 0 Å². The van der Waals surface area contributed by atoms with E-state index in [1.165, 1.54) is 23.5 Å². The van der Waals surface area contributed by atoms with Crippen molar-refractivity contribution in [2.24, 2.45) is 0 Å². The molecule has 0 atom stereocenters. The summed E-state index contributed by atoms with van der Waals surface area (Å²) in [5, 5.41) is 12.8. The molecule has 0 aliphatic carbocycles. The third-order valence-corrected chi connectivity index (χ3v) is 6.37. The Morgan fingerprint density at radius 2 is 2.16 bits per heavy atom. The first-order valence-corrected chi connectivity index (χ1v) is 10.7. The van der Waals surface area contributed by atoms with Gasteiger partial charge in [0.05, 0.1) is 33.8 Å². The number of alkyl halides is 2. The molecule has 10 heteroatoms. The van der Waals surface area contributed by atoms with E-state index in [2.05, 4.69) is 10.3 Å². The third-order valence-electron chi connectivity index (χ3n) is 5.46. The molecule has 0 saturated carbocycles. The summed E-state index contributed by atoms with van der Waals surface area (Å²) in [6.45, 7) is 2.56. The van der Waals surface area contributed by atoms with E-state index in [4.69, 9.17) is 13.9 Å². The standard InChI is InChI=1S/C21H22F2N2O5S/c1-12-16(31-11-24-12)9-29-13-2-3-15-14(8-13)17(18(30-15)19(22)23)20(27)25-21(10-26)4-6-28-7-5-21/h2-3,8,11,19,26H,4-7,9-10H2,1H3,(H,25,27). The molecule has 31 heavy (non-hydrogen) atoms. The van der Waals surface area contributed by atoms with E-state index in [-0.39, 0.29) is 29.7 Å². The first kappa shape index (κ1) is 21.7. The van der Waals surface area contributed by atoms with Gasteiger partial charge in [0.25, 0.3) is 12.3 Å². The first-order chi connectivity index (χ1) is 14.9. The van der Waals surface area contributed by atoms with E-state index in [0.717, 1.165) is 10.6 Å². The van der Waals surface area contributed by atoms with Gasteiger partial charge in [-0.05, 0) is 38.0 Å². The number of carbonyl (C=O) groups excluding carboxylic acids is 1. The average molecular weight is 452 g/mol. The van der Waals surface area contributed by atoms with Gasteiger partial charge in [-0.15, -0.1) is 11.3 Å². The Morgan fingerprint density at radius 1 is 1.39 bits per heavy atom. The normalized spacial score (nSPS) is 16.0. The van der Waals surface area contributed by atoms with Gasteiger partial charge in [-0.25, -0.2) is 13.8 Å². The maximum Gasteiger partial charge on any atom is 0.296 e. The summed E-state index contributed by atoms with van der Waals surface area (Å²) >= 11 is 1.46. The minimum Gasteiger partial charge on any atom is -0.488 e. The van der Waals surface area contributed by atoms with Crippen LogP contribution in [0.4, 0.5) is 8.78 Å². The van der Waals surface area contributed by atoms with Gasteiger partial charge in [-0.3, -0.25) is 4.79 Å². The number of aliphatic hydroxyl groups is 1. The summed E-state index contributed by atoms with van der Waals surface area (Å²) in [4.78, 5) is 18.2. The first-order valence-electron chi connectivity index (χ1n) is 9.80. The Kier molecular flexibility index (Phi) is 6.22. The number of halogens is 2. The Morgan fingerprint density at radius 3 is 2.81 bits per heavy atom. The molecule has 7 nitrogen and oxygen atoms in total. The molecule has 1 aliphatic heterocycles. The lowest BCUT2D eigenvalue weighted by Crippen LogP contribution is -2.54. The van der Waals surface area contributed by atoms with Crippen LogP contribution in [0.2, 0.25) is 0 Å². The van der Waals surface area contributed by atoms with Crippen molar-refractivity contribution in [2.45, 2.75) is 38.3 Å². The topological polar surface area (TPSA) is 93.8 Å². The van der Waals surface area contributed by atoms with Crippen LogP contribution in [0.1, 0.15) is 46.0 Å². The fourth-order valence-corrected chi connectivity index (χ4v) is 4.26. The lowest BCUT2D eigenvalue weighted by Gasteiger charge is -2.36. The van der Waals surface area contributed by atoms with Gasteiger partial charge in [-0.2, -0.15) is 0 Å². The number of rotatable bonds is 7. The smallest absolute Gasteiger partial charge is 0.296 e. The van der Waals surface area contributed by atoms with Gasteiger partial charge in [0.15, 0.2) is 5.76 Å². The van der Waals surface area contributed by atoms with E-state index >= 15 is 0 Å². The van der Waals surface area contributed by atoms with Gasteiger partial charge in [0, 0.05) is 18.6 Å². The van der Waals surface area contributed by atoms with Crippen LogP contribution in [-0.2, 0) is 11.3 Å². The van der Waals surface area contributed by atoms with Crippen molar-refractivity contribution in [3.05, 3.63) is 45.6 Å². The summed E-state index contributed by atoms with van der Waals surface area (Å²) in [6.07, 6.45) is -2.20. The Balaban J connectivity index is 1.65. The number of furan rings is 1. The van der Waals surface area contributed by atoms with Gasteiger partial charge >= 0.3 is 0 Å².